The van der Waals surface area contributed by atoms with Crippen LogP contribution in [0.1, 0.15) is 40.0 Å². The number of carbonyl (C=O) groups is 3. The Bertz CT molecular complexity index is 321. The third kappa shape index (κ3) is 8.55. The quantitative estimate of drug-likeness (QED) is 0.781. The number of carboxylic acids is 1. The molecule has 0 saturated carbocycles. The average molecular weight is 258 g/mol. The molecule has 2 N–H and O–H groups in total. The number of rotatable bonds is 5. The number of nitrogens with one attached hydrogen (secondary N) is 1. The number of hydrogen-bond donors (Lipinski definition) is 2. The van der Waals surface area contributed by atoms with E-state index in [9.17, 15) is 14.4 Å². The van der Waals surface area contributed by atoms with Crippen LogP contribution in [0.4, 0.5) is 4.79 Å². The van der Waals surface area contributed by atoms with Gasteiger partial charge >= 0.3 is 12.0 Å². The predicted molar refractivity (Wildman–Crippen MR) is 67.1 cm³/mol. The molecule has 0 radical (unpaired) electrons. The summed E-state index contributed by atoms with van der Waals surface area (Å²) in [6, 6.07) is -0.453. The molecular weight excluding hydrogens is 236 g/mol. The SMILES string of the molecule is CN(CC(C)(C)C)C(=O)NC(=O)CCCC(=O)O. The highest BCUT2D eigenvalue weighted by Crippen LogP contribution is 2.13. The molecule has 0 aliphatic carbocycles. The van der Waals surface area contributed by atoms with Gasteiger partial charge in [0.25, 0.3) is 0 Å². The summed E-state index contributed by atoms with van der Waals surface area (Å²) >= 11 is 0. The zero-order valence-electron chi connectivity index (χ0n) is 11.4. The van der Waals surface area contributed by atoms with E-state index in [4.69, 9.17) is 5.11 Å². The van der Waals surface area contributed by atoms with Crippen molar-refractivity contribution in [3.8, 4) is 0 Å². The van der Waals surface area contributed by atoms with Gasteiger partial charge < -0.3 is 10.0 Å². The standard InChI is InChI=1S/C12H22N2O4/c1-12(2,3)8-14(4)11(18)13-9(15)6-5-7-10(16)17/h5-8H2,1-4H3,(H,16,17)(H,13,15,18). The number of nitrogens with zero attached hydrogens (tertiary/aromatic N) is 1. The summed E-state index contributed by atoms with van der Waals surface area (Å²) in [5.74, 6) is -1.39. The van der Waals surface area contributed by atoms with Gasteiger partial charge in [-0.15, -0.1) is 0 Å². The van der Waals surface area contributed by atoms with Crippen molar-refractivity contribution in [1.82, 2.24) is 10.2 Å². The van der Waals surface area contributed by atoms with Gasteiger partial charge in [0.1, 0.15) is 0 Å². The van der Waals surface area contributed by atoms with Crippen LogP contribution in [0.15, 0.2) is 0 Å². The first kappa shape index (κ1) is 16.4. The molecule has 18 heavy (non-hydrogen) atoms. The van der Waals surface area contributed by atoms with Crippen molar-refractivity contribution in [3.05, 3.63) is 0 Å². The molecule has 0 aromatic heterocycles. The van der Waals surface area contributed by atoms with E-state index in [2.05, 4.69) is 5.32 Å². The average Bonchev–Trinajstić information content (AvgIpc) is 2.13. The highest BCUT2D eigenvalue weighted by molar-refractivity contribution is 5.94. The lowest BCUT2D eigenvalue weighted by atomic mass is 9.96. The third-order valence-corrected chi connectivity index (χ3v) is 2.10. The number of hydrogen-bond acceptors (Lipinski definition) is 3. The number of imide groups is 1. The second-order valence-electron chi connectivity index (χ2n) is 5.52. The van der Waals surface area contributed by atoms with Crippen molar-refractivity contribution in [2.75, 3.05) is 13.6 Å². The summed E-state index contributed by atoms with van der Waals surface area (Å²) in [6.07, 6.45) is 0.207. The Morgan fingerprint density at radius 3 is 2.17 bits per heavy atom. The number of amides is 3. The van der Waals surface area contributed by atoms with Crippen LogP contribution in [-0.2, 0) is 9.59 Å². The third-order valence-electron chi connectivity index (χ3n) is 2.10. The Kier molecular flexibility index (Phi) is 6.36. The lowest BCUT2D eigenvalue weighted by molar-refractivity contribution is -0.137. The van der Waals surface area contributed by atoms with Crippen molar-refractivity contribution in [1.29, 1.82) is 0 Å². The van der Waals surface area contributed by atoms with Gasteiger partial charge in [-0.3, -0.25) is 14.9 Å². The minimum Gasteiger partial charge on any atom is -0.481 e. The molecular formula is C12H22N2O4. The molecule has 0 heterocycles. The Hall–Kier alpha value is -1.59. The number of carbonyl (C=O) groups excluding carboxylic acids is 2. The van der Waals surface area contributed by atoms with Crippen LogP contribution in [-0.4, -0.2) is 41.5 Å². The van der Waals surface area contributed by atoms with Crippen LogP contribution in [0.25, 0.3) is 0 Å². The first-order valence-corrected chi connectivity index (χ1v) is 5.88. The molecule has 0 aromatic rings. The van der Waals surface area contributed by atoms with Crippen LogP contribution in [0.3, 0.4) is 0 Å². The van der Waals surface area contributed by atoms with Gasteiger partial charge in [0.2, 0.25) is 5.91 Å². The van der Waals surface area contributed by atoms with Gasteiger partial charge in [0, 0.05) is 26.4 Å². The van der Waals surface area contributed by atoms with Gasteiger partial charge in [-0.2, -0.15) is 0 Å². The van der Waals surface area contributed by atoms with E-state index >= 15 is 0 Å². The molecule has 104 valence electrons. The van der Waals surface area contributed by atoms with Crippen molar-refractivity contribution in [2.24, 2.45) is 5.41 Å². The topological polar surface area (TPSA) is 86.7 Å². The summed E-state index contributed by atoms with van der Waals surface area (Å²) in [5, 5.41) is 10.6. The van der Waals surface area contributed by atoms with E-state index in [0.29, 0.717) is 6.54 Å². The Balaban J connectivity index is 4.00. The maximum Gasteiger partial charge on any atom is 0.323 e. The highest BCUT2D eigenvalue weighted by Gasteiger charge is 2.18. The van der Waals surface area contributed by atoms with Crippen LogP contribution < -0.4 is 5.32 Å². The van der Waals surface area contributed by atoms with Gasteiger partial charge in [-0.1, -0.05) is 20.8 Å². The number of carboxylic acid groups (broad SMARTS) is 1. The molecule has 0 aliphatic heterocycles. The minimum absolute atomic E-state index is 0.0431. The molecule has 6 heteroatoms. The summed E-state index contributed by atoms with van der Waals surface area (Å²) < 4.78 is 0. The summed E-state index contributed by atoms with van der Waals surface area (Å²) in [4.78, 5) is 34.7. The van der Waals surface area contributed by atoms with Crippen LogP contribution >= 0.6 is 0 Å². The molecule has 0 unspecified atom stereocenters. The molecule has 0 spiro atoms. The number of aliphatic carboxylic acids is 1. The lowest BCUT2D eigenvalue weighted by Crippen LogP contribution is -2.43. The summed E-state index contributed by atoms with van der Waals surface area (Å²) in [6.45, 7) is 6.50. The van der Waals surface area contributed by atoms with E-state index in [0.717, 1.165) is 0 Å². The predicted octanol–water partition coefficient (Wildman–Crippen LogP) is 1.46. The molecule has 0 atom stereocenters. The number of urea groups is 1. The van der Waals surface area contributed by atoms with Crippen LogP contribution in [0, 0.1) is 5.41 Å². The highest BCUT2D eigenvalue weighted by atomic mass is 16.4. The molecule has 0 saturated heterocycles. The molecule has 0 aliphatic rings. The fourth-order valence-corrected chi connectivity index (χ4v) is 1.46. The van der Waals surface area contributed by atoms with E-state index in [1.807, 2.05) is 20.8 Å². The largest absolute Gasteiger partial charge is 0.481 e. The molecule has 0 fully saturated rings. The first-order valence-electron chi connectivity index (χ1n) is 5.88. The molecule has 3 amide bonds. The first-order chi connectivity index (χ1) is 8.11. The van der Waals surface area contributed by atoms with Gasteiger partial charge in [-0.05, 0) is 11.8 Å². The lowest BCUT2D eigenvalue weighted by Gasteiger charge is -2.26. The summed E-state index contributed by atoms with van der Waals surface area (Å²) in [7, 11) is 1.62. The summed E-state index contributed by atoms with van der Waals surface area (Å²) in [5.41, 5.74) is -0.0432. The van der Waals surface area contributed by atoms with Crippen molar-refractivity contribution < 1.29 is 19.5 Å². The Labute approximate surface area is 107 Å². The molecule has 0 rings (SSSR count). The van der Waals surface area contributed by atoms with E-state index in [1.165, 1.54) is 4.90 Å². The second-order valence-corrected chi connectivity index (χ2v) is 5.52. The van der Waals surface area contributed by atoms with Crippen molar-refractivity contribution in [2.45, 2.75) is 40.0 Å². The van der Waals surface area contributed by atoms with Crippen LogP contribution in [0.5, 0.6) is 0 Å². The normalized spacial score (nSPS) is 10.9. The minimum atomic E-state index is -0.945. The van der Waals surface area contributed by atoms with E-state index in [-0.39, 0.29) is 24.7 Å². The van der Waals surface area contributed by atoms with Gasteiger partial charge in [0.05, 0.1) is 0 Å². The Morgan fingerprint density at radius 1 is 1.17 bits per heavy atom. The van der Waals surface area contributed by atoms with Crippen molar-refractivity contribution >= 4 is 17.9 Å². The molecule has 0 aromatic carbocycles. The zero-order chi connectivity index (χ0) is 14.3. The maximum atomic E-state index is 11.6. The fraction of sp³-hybridized carbons (Fsp3) is 0.750. The monoisotopic (exact) mass is 258 g/mol. The van der Waals surface area contributed by atoms with Crippen LogP contribution in [0.2, 0.25) is 0 Å². The second kappa shape index (κ2) is 6.98. The smallest absolute Gasteiger partial charge is 0.323 e. The van der Waals surface area contributed by atoms with E-state index < -0.39 is 17.9 Å². The van der Waals surface area contributed by atoms with Gasteiger partial charge in [-0.25, -0.2) is 4.79 Å². The fourth-order valence-electron chi connectivity index (χ4n) is 1.46. The molecule has 0 bridgehead atoms. The zero-order valence-corrected chi connectivity index (χ0v) is 11.4. The van der Waals surface area contributed by atoms with Crippen molar-refractivity contribution in [3.63, 3.8) is 0 Å². The molecule has 6 nitrogen and oxygen atoms in total. The van der Waals surface area contributed by atoms with Gasteiger partial charge in [0.15, 0.2) is 0 Å². The Morgan fingerprint density at radius 2 is 1.72 bits per heavy atom. The maximum absolute atomic E-state index is 11.6. The van der Waals surface area contributed by atoms with E-state index in [1.54, 1.807) is 7.05 Å².